The van der Waals surface area contributed by atoms with Gasteiger partial charge in [-0.1, -0.05) is 293 Å². The third-order valence-corrected chi connectivity index (χ3v) is 13.5. The van der Waals surface area contributed by atoms with E-state index in [4.69, 9.17) is 0 Å². The van der Waals surface area contributed by atoms with Crippen molar-refractivity contribution in [2.45, 2.75) is 321 Å². The molecular weight excluding hydrogens is 807 g/mol. The predicted octanol–water partition coefficient (Wildman–Crippen LogP) is 19.6. The van der Waals surface area contributed by atoms with E-state index in [1.54, 1.807) is 6.08 Å². The van der Waals surface area contributed by atoms with E-state index in [9.17, 15) is 15.0 Å². The zero-order valence-corrected chi connectivity index (χ0v) is 44.5. The minimum absolute atomic E-state index is 0.0712. The maximum Gasteiger partial charge on any atom is 0.220 e. The number of rotatable bonds is 54. The number of carbonyl (C=O) groups excluding carboxylic acids is 1. The summed E-state index contributed by atoms with van der Waals surface area (Å²) in [6.07, 6.45) is 81.1. The summed E-state index contributed by atoms with van der Waals surface area (Å²) < 4.78 is 0. The lowest BCUT2D eigenvalue weighted by Crippen LogP contribution is -2.45. The molecule has 0 aliphatic carbocycles. The van der Waals surface area contributed by atoms with Crippen LogP contribution in [-0.2, 0) is 4.79 Å². The lowest BCUT2D eigenvalue weighted by Gasteiger charge is -2.19. The maximum absolute atomic E-state index is 12.5. The topological polar surface area (TPSA) is 69.6 Å². The molecule has 3 N–H and O–H groups in total. The first-order chi connectivity index (χ1) is 32.7. The molecule has 0 aliphatic heterocycles. The van der Waals surface area contributed by atoms with Crippen molar-refractivity contribution in [3.05, 3.63) is 60.8 Å². The molecule has 0 rings (SSSR count). The average molecular weight is 923 g/mol. The van der Waals surface area contributed by atoms with E-state index < -0.39 is 12.1 Å². The SMILES string of the molecule is CCCCCCC/C=C\C/C=C\C/C=C\CCCCCCCCCCCCCCCCCCC(=O)NC(CO)C(O)/C=C/CC/C=C/CCCCCCCCCCCCCCCCCCC. The Morgan fingerprint density at radius 2 is 0.636 bits per heavy atom. The van der Waals surface area contributed by atoms with Crippen molar-refractivity contribution in [2.75, 3.05) is 6.61 Å². The highest BCUT2D eigenvalue weighted by molar-refractivity contribution is 5.76. The second-order valence-corrected chi connectivity index (χ2v) is 20.1. The molecule has 66 heavy (non-hydrogen) atoms. The molecule has 2 unspecified atom stereocenters. The van der Waals surface area contributed by atoms with E-state index in [1.807, 2.05) is 6.08 Å². The molecule has 4 heteroatoms. The molecule has 0 aromatic rings. The van der Waals surface area contributed by atoms with Crippen molar-refractivity contribution < 1.29 is 15.0 Å². The fraction of sp³-hybridized carbons (Fsp3) is 0.823. The summed E-state index contributed by atoms with van der Waals surface area (Å²) in [6, 6.07) is -0.641. The van der Waals surface area contributed by atoms with E-state index in [2.05, 4.69) is 67.8 Å². The molecule has 2 atom stereocenters. The lowest BCUT2D eigenvalue weighted by atomic mass is 10.0. The summed E-state index contributed by atoms with van der Waals surface area (Å²) in [5.74, 6) is -0.0712. The van der Waals surface area contributed by atoms with Gasteiger partial charge >= 0.3 is 0 Å². The number of amides is 1. The number of hydrogen-bond donors (Lipinski definition) is 3. The predicted molar refractivity (Wildman–Crippen MR) is 294 cm³/mol. The van der Waals surface area contributed by atoms with Crippen LogP contribution in [0.2, 0.25) is 0 Å². The zero-order chi connectivity index (χ0) is 47.7. The van der Waals surface area contributed by atoms with Crippen LogP contribution in [0.5, 0.6) is 0 Å². The molecule has 0 aliphatic rings. The van der Waals surface area contributed by atoms with E-state index in [0.29, 0.717) is 6.42 Å². The monoisotopic (exact) mass is 922 g/mol. The third-order valence-electron chi connectivity index (χ3n) is 13.5. The molecule has 0 saturated carbocycles. The number of carbonyl (C=O) groups is 1. The van der Waals surface area contributed by atoms with Crippen LogP contribution in [0, 0.1) is 0 Å². The number of unbranched alkanes of at least 4 members (excludes halogenated alkanes) is 39. The maximum atomic E-state index is 12.5. The van der Waals surface area contributed by atoms with Crippen LogP contribution in [-0.4, -0.2) is 34.9 Å². The van der Waals surface area contributed by atoms with Gasteiger partial charge < -0.3 is 15.5 Å². The molecule has 0 fully saturated rings. The highest BCUT2D eigenvalue weighted by atomic mass is 16.3. The summed E-state index contributed by atoms with van der Waals surface area (Å²) in [6.45, 7) is 4.31. The van der Waals surface area contributed by atoms with Crippen LogP contribution in [0.4, 0.5) is 0 Å². The van der Waals surface area contributed by atoms with Gasteiger partial charge in [0.05, 0.1) is 18.8 Å². The van der Waals surface area contributed by atoms with Gasteiger partial charge in [-0.3, -0.25) is 4.79 Å². The fourth-order valence-corrected chi connectivity index (χ4v) is 8.97. The van der Waals surface area contributed by atoms with Crippen molar-refractivity contribution in [1.82, 2.24) is 5.32 Å². The van der Waals surface area contributed by atoms with Crippen LogP contribution < -0.4 is 5.32 Å². The van der Waals surface area contributed by atoms with E-state index in [0.717, 1.165) is 44.9 Å². The minimum Gasteiger partial charge on any atom is -0.394 e. The van der Waals surface area contributed by atoms with Gasteiger partial charge in [0.2, 0.25) is 5.91 Å². The van der Waals surface area contributed by atoms with Crippen LogP contribution in [0.1, 0.15) is 309 Å². The molecule has 0 spiro atoms. The number of nitrogens with one attached hydrogen (secondary N) is 1. The third kappa shape index (κ3) is 53.1. The summed E-state index contributed by atoms with van der Waals surface area (Å²) in [7, 11) is 0. The van der Waals surface area contributed by atoms with Crippen molar-refractivity contribution in [2.24, 2.45) is 0 Å². The van der Waals surface area contributed by atoms with Gasteiger partial charge in [-0.2, -0.15) is 0 Å². The quantitative estimate of drug-likeness (QED) is 0.0420. The molecule has 0 aromatic heterocycles. The molecule has 0 saturated heterocycles. The van der Waals surface area contributed by atoms with Crippen LogP contribution in [0.15, 0.2) is 60.8 Å². The Labute approximate surface area is 413 Å². The van der Waals surface area contributed by atoms with Crippen LogP contribution >= 0.6 is 0 Å². The standard InChI is InChI=1S/C62H115NO3/c1-3-5-7-9-11-13-15-17-19-21-23-25-27-28-29-30-31-32-33-34-36-38-40-42-44-46-48-50-52-54-56-58-62(66)63-60(59-64)61(65)57-55-53-51-49-47-45-43-41-39-37-35-26-24-22-20-18-16-14-12-10-8-6-4-2/h15,17,21,23,27-28,47,49,55,57,60-61,64-65H,3-14,16,18-20,22,24-26,29-46,48,50-54,56,58-59H2,1-2H3,(H,63,66)/b17-15-,23-21-,28-27-,49-47+,57-55+. The van der Waals surface area contributed by atoms with E-state index >= 15 is 0 Å². The number of hydrogen-bond acceptors (Lipinski definition) is 3. The van der Waals surface area contributed by atoms with Gasteiger partial charge in [-0.25, -0.2) is 0 Å². The molecule has 1 amide bonds. The summed E-state index contributed by atoms with van der Waals surface area (Å²) in [5.41, 5.74) is 0. The first kappa shape index (κ1) is 64.1. The first-order valence-electron chi connectivity index (χ1n) is 29.5. The molecule has 4 nitrogen and oxygen atoms in total. The number of aliphatic hydroxyl groups is 2. The van der Waals surface area contributed by atoms with Crippen molar-refractivity contribution >= 4 is 5.91 Å². The molecule has 0 heterocycles. The van der Waals surface area contributed by atoms with Crippen LogP contribution in [0.25, 0.3) is 0 Å². The molecule has 0 radical (unpaired) electrons. The van der Waals surface area contributed by atoms with Crippen molar-refractivity contribution in [3.8, 4) is 0 Å². The molecule has 386 valence electrons. The average Bonchev–Trinajstić information content (AvgIpc) is 3.32. The second kappa shape index (κ2) is 57.4. The Bertz CT molecular complexity index is 1090. The summed E-state index contributed by atoms with van der Waals surface area (Å²) >= 11 is 0. The highest BCUT2D eigenvalue weighted by Gasteiger charge is 2.18. The zero-order valence-electron chi connectivity index (χ0n) is 44.5. The summed E-state index contributed by atoms with van der Waals surface area (Å²) in [5, 5.41) is 23.2. The van der Waals surface area contributed by atoms with Crippen molar-refractivity contribution in [3.63, 3.8) is 0 Å². The normalized spacial score (nSPS) is 13.2. The Morgan fingerprint density at radius 3 is 0.985 bits per heavy atom. The smallest absolute Gasteiger partial charge is 0.220 e. The van der Waals surface area contributed by atoms with Gasteiger partial charge in [0.1, 0.15) is 0 Å². The van der Waals surface area contributed by atoms with Gasteiger partial charge in [0.15, 0.2) is 0 Å². The Morgan fingerprint density at radius 1 is 0.364 bits per heavy atom. The van der Waals surface area contributed by atoms with Crippen molar-refractivity contribution in [1.29, 1.82) is 0 Å². The van der Waals surface area contributed by atoms with Gasteiger partial charge in [0.25, 0.3) is 0 Å². The largest absolute Gasteiger partial charge is 0.394 e. The molecule has 0 aromatic carbocycles. The summed E-state index contributed by atoms with van der Waals surface area (Å²) in [4.78, 5) is 12.5. The van der Waals surface area contributed by atoms with E-state index in [1.165, 1.54) is 244 Å². The molecule has 0 bridgehead atoms. The Kier molecular flexibility index (Phi) is 55.7. The Hall–Kier alpha value is -1.91. The first-order valence-corrected chi connectivity index (χ1v) is 29.5. The number of allylic oxidation sites excluding steroid dienone is 9. The Balaban J connectivity index is 3.51. The van der Waals surface area contributed by atoms with Gasteiger partial charge in [-0.15, -0.1) is 0 Å². The van der Waals surface area contributed by atoms with E-state index in [-0.39, 0.29) is 12.5 Å². The van der Waals surface area contributed by atoms with Gasteiger partial charge in [0, 0.05) is 6.42 Å². The highest BCUT2D eigenvalue weighted by Crippen LogP contribution is 2.17. The minimum atomic E-state index is -0.864. The second-order valence-electron chi connectivity index (χ2n) is 20.1. The fourth-order valence-electron chi connectivity index (χ4n) is 8.97. The van der Waals surface area contributed by atoms with Gasteiger partial charge in [-0.05, 0) is 70.6 Å². The lowest BCUT2D eigenvalue weighted by molar-refractivity contribution is -0.123. The number of aliphatic hydroxyl groups excluding tert-OH is 2. The molecular formula is C62H115NO3. The van der Waals surface area contributed by atoms with Crippen LogP contribution in [0.3, 0.4) is 0 Å².